The molecule has 30 heavy (non-hydrogen) atoms. The third-order valence-electron chi connectivity index (χ3n) is 6.11. The van der Waals surface area contributed by atoms with Crippen molar-refractivity contribution < 1.29 is 5.21 Å². The van der Waals surface area contributed by atoms with Gasteiger partial charge in [0.05, 0.1) is 5.71 Å². The van der Waals surface area contributed by atoms with Gasteiger partial charge in [-0.15, -0.1) is 0 Å². The van der Waals surface area contributed by atoms with Gasteiger partial charge in [-0.05, 0) is 67.1 Å². The first kappa shape index (κ1) is 20.1. The van der Waals surface area contributed by atoms with Crippen LogP contribution in [0.2, 0.25) is 0 Å². The van der Waals surface area contributed by atoms with Crippen LogP contribution < -0.4 is 4.90 Å². The summed E-state index contributed by atoms with van der Waals surface area (Å²) in [4.78, 5) is 6.56. The first-order valence-electron chi connectivity index (χ1n) is 10.8. The molecule has 0 spiro atoms. The highest BCUT2D eigenvalue weighted by Gasteiger charge is 2.21. The Morgan fingerprint density at radius 3 is 2.33 bits per heavy atom. The molecule has 4 nitrogen and oxygen atoms in total. The molecule has 0 radical (unpaired) electrons. The van der Waals surface area contributed by atoms with Crippen LogP contribution in [0.1, 0.15) is 53.9 Å². The molecule has 0 amide bonds. The SMILES string of the molecule is Cc1ccccc1C(C/C(=N/O)c1ccncc1)c1ccc(N2CCCCC2)cc1. The third kappa shape index (κ3) is 4.54. The Labute approximate surface area is 178 Å². The summed E-state index contributed by atoms with van der Waals surface area (Å²) >= 11 is 0. The van der Waals surface area contributed by atoms with Crippen molar-refractivity contribution in [1.82, 2.24) is 4.98 Å². The zero-order valence-electron chi connectivity index (χ0n) is 17.5. The number of aromatic nitrogens is 1. The van der Waals surface area contributed by atoms with E-state index in [0.29, 0.717) is 12.1 Å². The lowest BCUT2D eigenvalue weighted by Crippen LogP contribution is -2.29. The van der Waals surface area contributed by atoms with Crippen LogP contribution in [0.4, 0.5) is 5.69 Å². The number of piperidine rings is 1. The number of anilines is 1. The molecular formula is C26H29N3O. The van der Waals surface area contributed by atoms with Crippen molar-refractivity contribution in [2.24, 2.45) is 5.16 Å². The number of oxime groups is 1. The molecule has 4 heteroatoms. The molecule has 1 fully saturated rings. The van der Waals surface area contributed by atoms with Crippen LogP contribution in [0.15, 0.2) is 78.2 Å². The number of nitrogens with zero attached hydrogens (tertiary/aromatic N) is 3. The lowest BCUT2D eigenvalue weighted by atomic mass is 9.83. The first-order valence-corrected chi connectivity index (χ1v) is 10.8. The van der Waals surface area contributed by atoms with Crippen molar-refractivity contribution in [3.8, 4) is 0 Å². The normalized spacial score (nSPS) is 15.8. The zero-order valence-corrected chi connectivity index (χ0v) is 17.5. The van der Waals surface area contributed by atoms with Gasteiger partial charge in [-0.1, -0.05) is 41.6 Å². The third-order valence-corrected chi connectivity index (χ3v) is 6.11. The summed E-state index contributed by atoms with van der Waals surface area (Å²) in [5.41, 5.74) is 6.61. The average Bonchev–Trinajstić information content (AvgIpc) is 2.82. The summed E-state index contributed by atoms with van der Waals surface area (Å²) in [6, 6.07) is 21.2. The highest BCUT2D eigenvalue weighted by atomic mass is 16.4. The molecule has 1 atom stereocenters. The fourth-order valence-corrected chi connectivity index (χ4v) is 4.41. The quantitative estimate of drug-likeness (QED) is 0.325. The smallest absolute Gasteiger partial charge is 0.0878 e. The van der Waals surface area contributed by atoms with Crippen LogP contribution in [0.5, 0.6) is 0 Å². The molecule has 1 N–H and O–H groups in total. The van der Waals surface area contributed by atoms with E-state index < -0.39 is 0 Å². The van der Waals surface area contributed by atoms with E-state index in [-0.39, 0.29) is 5.92 Å². The van der Waals surface area contributed by atoms with E-state index in [1.54, 1.807) is 12.4 Å². The molecule has 0 bridgehead atoms. The Morgan fingerprint density at radius 1 is 0.967 bits per heavy atom. The zero-order chi connectivity index (χ0) is 20.8. The molecule has 4 rings (SSSR count). The maximum atomic E-state index is 9.77. The van der Waals surface area contributed by atoms with Crippen molar-refractivity contribution in [3.05, 3.63) is 95.3 Å². The summed E-state index contributed by atoms with van der Waals surface area (Å²) < 4.78 is 0. The summed E-state index contributed by atoms with van der Waals surface area (Å²) in [5, 5.41) is 13.4. The number of aryl methyl sites for hydroxylation is 1. The largest absolute Gasteiger partial charge is 0.411 e. The summed E-state index contributed by atoms with van der Waals surface area (Å²) in [6.07, 6.45) is 7.97. The van der Waals surface area contributed by atoms with E-state index in [1.165, 1.54) is 41.6 Å². The standard InChI is InChI=1S/C26H29N3O/c1-20-7-3-4-8-24(20)25(19-26(28-30)22-13-15-27-16-14-22)21-9-11-23(12-10-21)29-17-5-2-6-18-29/h3-4,7-16,25,30H,2,5-6,17-19H2,1H3/b28-26-. The molecule has 1 aromatic heterocycles. The Bertz CT molecular complexity index is 977. The molecule has 1 aliphatic heterocycles. The van der Waals surface area contributed by atoms with Crippen LogP contribution in [0, 0.1) is 6.92 Å². The summed E-state index contributed by atoms with van der Waals surface area (Å²) in [7, 11) is 0. The van der Waals surface area contributed by atoms with Crippen molar-refractivity contribution in [2.45, 2.75) is 38.5 Å². The molecule has 1 unspecified atom stereocenters. The Hall–Kier alpha value is -3.14. The van der Waals surface area contributed by atoms with Gasteiger partial charge >= 0.3 is 0 Å². The van der Waals surface area contributed by atoms with Gasteiger partial charge in [0.15, 0.2) is 0 Å². The van der Waals surface area contributed by atoms with Crippen LogP contribution in [-0.2, 0) is 0 Å². The number of benzene rings is 2. The first-order chi connectivity index (χ1) is 14.8. The van der Waals surface area contributed by atoms with E-state index in [9.17, 15) is 5.21 Å². The van der Waals surface area contributed by atoms with Gasteiger partial charge in [0.1, 0.15) is 0 Å². The second-order valence-corrected chi connectivity index (χ2v) is 8.04. The van der Waals surface area contributed by atoms with E-state index >= 15 is 0 Å². The van der Waals surface area contributed by atoms with Crippen molar-refractivity contribution in [2.75, 3.05) is 18.0 Å². The van der Waals surface area contributed by atoms with Gasteiger partial charge in [0.25, 0.3) is 0 Å². The number of hydrogen-bond acceptors (Lipinski definition) is 4. The Kier molecular flexibility index (Phi) is 6.43. The van der Waals surface area contributed by atoms with Gasteiger partial charge < -0.3 is 10.1 Å². The lowest BCUT2D eigenvalue weighted by molar-refractivity contribution is 0.317. The van der Waals surface area contributed by atoms with E-state index in [1.807, 2.05) is 12.1 Å². The topological polar surface area (TPSA) is 48.7 Å². The average molecular weight is 400 g/mol. The van der Waals surface area contributed by atoms with E-state index in [0.717, 1.165) is 18.7 Å². The lowest BCUT2D eigenvalue weighted by Gasteiger charge is -2.29. The van der Waals surface area contributed by atoms with Crippen LogP contribution >= 0.6 is 0 Å². The minimum absolute atomic E-state index is 0.112. The van der Waals surface area contributed by atoms with Crippen LogP contribution in [0.3, 0.4) is 0 Å². The van der Waals surface area contributed by atoms with E-state index in [2.05, 4.69) is 70.5 Å². The predicted octanol–water partition coefficient (Wildman–Crippen LogP) is 5.78. The Morgan fingerprint density at radius 2 is 1.67 bits per heavy atom. The van der Waals surface area contributed by atoms with E-state index in [4.69, 9.17) is 0 Å². The van der Waals surface area contributed by atoms with Gasteiger partial charge in [0.2, 0.25) is 0 Å². The maximum Gasteiger partial charge on any atom is 0.0878 e. The predicted molar refractivity (Wildman–Crippen MR) is 123 cm³/mol. The molecule has 2 aromatic carbocycles. The molecule has 1 aliphatic rings. The number of pyridine rings is 1. The van der Waals surface area contributed by atoms with Gasteiger partial charge in [-0.3, -0.25) is 4.98 Å². The fourth-order valence-electron chi connectivity index (χ4n) is 4.41. The minimum atomic E-state index is 0.112. The van der Waals surface area contributed by atoms with Crippen LogP contribution in [0.25, 0.3) is 0 Å². The highest BCUT2D eigenvalue weighted by Crippen LogP contribution is 2.33. The molecular weight excluding hydrogens is 370 g/mol. The molecule has 154 valence electrons. The monoisotopic (exact) mass is 399 g/mol. The van der Waals surface area contributed by atoms with Gasteiger partial charge in [-0.2, -0.15) is 0 Å². The number of rotatable bonds is 6. The highest BCUT2D eigenvalue weighted by molar-refractivity contribution is 6.00. The van der Waals surface area contributed by atoms with Crippen molar-refractivity contribution >= 4 is 11.4 Å². The van der Waals surface area contributed by atoms with Gasteiger partial charge in [0, 0.05) is 49.1 Å². The molecule has 1 saturated heterocycles. The summed E-state index contributed by atoms with van der Waals surface area (Å²) in [5.74, 6) is 0.112. The Balaban J connectivity index is 1.66. The molecule has 0 aliphatic carbocycles. The minimum Gasteiger partial charge on any atom is -0.411 e. The maximum absolute atomic E-state index is 9.77. The van der Waals surface area contributed by atoms with Crippen molar-refractivity contribution in [3.63, 3.8) is 0 Å². The summed E-state index contributed by atoms with van der Waals surface area (Å²) in [6.45, 7) is 4.43. The van der Waals surface area contributed by atoms with Crippen LogP contribution in [-0.4, -0.2) is 29.0 Å². The van der Waals surface area contributed by atoms with Crippen molar-refractivity contribution in [1.29, 1.82) is 0 Å². The molecule has 3 aromatic rings. The number of hydrogen-bond donors (Lipinski definition) is 1. The molecule has 2 heterocycles. The second kappa shape index (κ2) is 9.57. The van der Waals surface area contributed by atoms with Gasteiger partial charge in [-0.25, -0.2) is 0 Å². The second-order valence-electron chi connectivity index (χ2n) is 8.04. The molecule has 0 saturated carbocycles. The fraction of sp³-hybridized carbons (Fsp3) is 0.308.